The van der Waals surface area contributed by atoms with Crippen molar-refractivity contribution in [1.82, 2.24) is 15.3 Å². The predicted molar refractivity (Wildman–Crippen MR) is 136 cm³/mol. The van der Waals surface area contributed by atoms with Gasteiger partial charge in [0.05, 0.1) is 13.2 Å². The van der Waals surface area contributed by atoms with E-state index in [1.807, 2.05) is 36.4 Å². The van der Waals surface area contributed by atoms with Crippen molar-refractivity contribution in [3.63, 3.8) is 0 Å². The van der Waals surface area contributed by atoms with Gasteiger partial charge in [0.2, 0.25) is 0 Å². The molecule has 0 spiro atoms. The normalized spacial score (nSPS) is 27.0. The maximum absolute atomic E-state index is 12.3. The molecule has 190 valence electrons. The average Bonchev–Trinajstić information content (AvgIpc) is 3.47. The number of allylic oxidation sites excluding steroid dienone is 5. The Morgan fingerprint density at radius 2 is 2.17 bits per heavy atom. The number of ether oxygens (including phenoxy) is 1. The van der Waals surface area contributed by atoms with Crippen LogP contribution in [0.3, 0.4) is 0 Å². The van der Waals surface area contributed by atoms with E-state index in [4.69, 9.17) is 10.00 Å². The largest absolute Gasteiger partial charge is 0.393 e. The molecular formula is C28H34N4O4. The SMILES string of the molecule is CC1(C)CC=C(C/C=C(\C=C/CNC(=O)c2nc(C#N)c[nH]2)C2=C[C@@]3(CO)C=C[C@@](CO)(C2)O3)CC1. The van der Waals surface area contributed by atoms with E-state index in [1.165, 1.54) is 11.8 Å². The molecule has 3 aliphatic rings. The molecule has 8 heteroatoms. The van der Waals surface area contributed by atoms with Crippen LogP contribution in [-0.2, 0) is 4.74 Å². The summed E-state index contributed by atoms with van der Waals surface area (Å²) in [6, 6.07) is 1.89. The van der Waals surface area contributed by atoms with Crippen molar-refractivity contribution < 1.29 is 19.7 Å². The molecule has 1 aromatic rings. The lowest BCUT2D eigenvalue weighted by Gasteiger charge is -2.38. The minimum absolute atomic E-state index is 0.0902. The van der Waals surface area contributed by atoms with Crippen molar-refractivity contribution >= 4 is 5.91 Å². The smallest absolute Gasteiger partial charge is 0.287 e. The molecule has 8 nitrogen and oxygen atoms in total. The zero-order valence-electron chi connectivity index (χ0n) is 20.9. The summed E-state index contributed by atoms with van der Waals surface area (Å²) in [6.45, 7) is 4.47. The van der Waals surface area contributed by atoms with E-state index < -0.39 is 17.1 Å². The van der Waals surface area contributed by atoms with Crippen LogP contribution in [0, 0.1) is 16.7 Å². The Bertz CT molecular complexity index is 1200. The lowest BCUT2D eigenvalue weighted by Crippen LogP contribution is -2.44. The third kappa shape index (κ3) is 5.76. The fourth-order valence-corrected chi connectivity index (χ4v) is 4.81. The first-order valence-electron chi connectivity index (χ1n) is 12.3. The summed E-state index contributed by atoms with van der Waals surface area (Å²) in [7, 11) is 0. The van der Waals surface area contributed by atoms with E-state index in [9.17, 15) is 15.0 Å². The number of nitrogens with one attached hydrogen (secondary N) is 2. The van der Waals surface area contributed by atoms with E-state index in [-0.39, 0.29) is 31.3 Å². The molecule has 36 heavy (non-hydrogen) atoms. The molecule has 2 aliphatic heterocycles. The highest BCUT2D eigenvalue weighted by molar-refractivity contribution is 5.90. The predicted octanol–water partition coefficient (Wildman–Crippen LogP) is 3.40. The summed E-state index contributed by atoms with van der Waals surface area (Å²) in [5.41, 5.74) is 2.07. The maximum Gasteiger partial charge on any atom is 0.287 e. The number of carbonyl (C=O) groups is 1. The van der Waals surface area contributed by atoms with Gasteiger partial charge in [0.1, 0.15) is 17.3 Å². The second-order valence-electron chi connectivity index (χ2n) is 10.6. The van der Waals surface area contributed by atoms with E-state index in [2.05, 4.69) is 41.3 Å². The Balaban J connectivity index is 1.52. The van der Waals surface area contributed by atoms with Gasteiger partial charge < -0.3 is 25.3 Å². The number of carbonyl (C=O) groups excluding carboxylic acids is 1. The molecule has 0 saturated carbocycles. The first kappa shape index (κ1) is 25.8. The number of hydrogen-bond donors (Lipinski definition) is 4. The van der Waals surface area contributed by atoms with E-state index in [1.54, 1.807) is 0 Å². The van der Waals surface area contributed by atoms with Gasteiger partial charge in [-0.05, 0) is 54.4 Å². The van der Waals surface area contributed by atoms with Gasteiger partial charge in [-0.25, -0.2) is 4.98 Å². The van der Waals surface area contributed by atoms with E-state index in [0.717, 1.165) is 36.8 Å². The minimum Gasteiger partial charge on any atom is -0.393 e. The molecule has 1 aromatic heterocycles. The zero-order valence-corrected chi connectivity index (χ0v) is 20.9. The van der Waals surface area contributed by atoms with E-state index >= 15 is 0 Å². The van der Waals surface area contributed by atoms with Crippen LogP contribution in [0.5, 0.6) is 0 Å². The van der Waals surface area contributed by atoms with Gasteiger partial charge in [0, 0.05) is 19.2 Å². The van der Waals surface area contributed by atoms with Crippen LogP contribution in [0.1, 0.15) is 62.3 Å². The summed E-state index contributed by atoms with van der Waals surface area (Å²) < 4.78 is 6.05. The first-order chi connectivity index (χ1) is 17.2. The van der Waals surface area contributed by atoms with Crippen molar-refractivity contribution in [2.75, 3.05) is 19.8 Å². The highest BCUT2D eigenvalue weighted by Crippen LogP contribution is 2.44. The van der Waals surface area contributed by atoms with Crippen LogP contribution in [0.15, 0.2) is 65.4 Å². The second-order valence-corrected chi connectivity index (χ2v) is 10.6. The molecule has 0 unspecified atom stereocenters. The van der Waals surface area contributed by atoms with Crippen molar-refractivity contribution in [2.45, 2.75) is 57.2 Å². The molecular weight excluding hydrogens is 456 g/mol. The quantitative estimate of drug-likeness (QED) is 0.310. The Kier molecular flexibility index (Phi) is 7.46. The molecule has 0 fully saturated rings. The minimum atomic E-state index is -0.941. The topological polar surface area (TPSA) is 131 Å². The molecule has 0 radical (unpaired) electrons. The van der Waals surface area contributed by atoms with Crippen LogP contribution in [0.25, 0.3) is 0 Å². The Hall–Kier alpha value is -3.25. The van der Waals surface area contributed by atoms with Crippen LogP contribution in [0.2, 0.25) is 0 Å². The number of aliphatic hydroxyl groups excluding tert-OH is 2. The Morgan fingerprint density at radius 3 is 2.83 bits per heavy atom. The Morgan fingerprint density at radius 1 is 1.33 bits per heavy atom. The number of fused-ring (bicyclic) bond motifs is 2. The molecule has 4 rings (SSSR count). The number of amides is 1. The highest BCUT2D eigenvalue weighted by atomic mass is 16.5. The van der Waals surface area contributed by atoms with Gasteiger partial charge in [0.25, 0.3) is 5.91 Å². The molecule has 0 saturated heterocycles. The molecule has 4 N–H and O–H groups in total. The monoisotopic (exact) mass is 490 g/mol. The fourth-order valence-electron chi connectivity index (χ4n) is 4.81. The van der Waals surface area contributed by atoms with E-state index in [0.29, 0.717) is 11.8 Å². The van der Waals surface area contributed by atoms with Gasteiger partial charge in [-0.2, -0.15) is 5.26 Å². The van der Waals surface area contributed by atoms with Gasteiger partial charge in [-0.1, -0.05) is 49.8 Å². The van der Waals surface area contributed by atoms with Crippen LogP contribution < -0.4 is 5.32 Å². The lowest BCUT2D eigenvalue weighted by atomic mass is 9.77. The fraction of sp³-hybridized carbons (Fsp3) is 0.464. The molecule has 1 aliphatic carbocycles. The van der Waals surface area contributed by atoms with Crippen molar-refractivity contribution in [3.8, 4) is 6.07 Å². The molecule has 3 heterocycles. The number of nitrogens with zero attached hydrogens (tertiary/aromatic N) is 2. The number of aromatic nitrogens is 2. The average molecular weight is 491 g/mol. The molecule has 0 aromatic carbocycles. The maximum atomic E-state index is 12.3. The van der Waals surface area contributed by atoms with Gasteiger partial charge in [-0.15, -0.1) is 0 Å². The third-order valence-electron chi connectivity index (χ3n) is 7.09. The lowest BCUT2D eigenvalue weighted by molar-refractivity contribution is -0.113. The van der Waals surface area contributed by atoms with Gasteiger partial charge >= 0.3 is 0 Å². The standard InChI is InChI=1S/C28H34N4O4/c1-26(2)9-7-20(8-10-26)5-6-21(4-3-13-30-25(35)24-31-17-23(16-29)32-24)22-14-27(18-33)11-12-28(15-22,19-34)36-27/h3-4,6-7,11-12,14,17,33-34H,5,8-10,13,15,18-19H2,1-2H3,(H,30,35)(H,31,32)/b4-3-,21-6+/t27-,28+/m1/s1. The summed E-state index contributed by atoms with van der Waals surface area (Å²) >= 11 is 0. The second kappa shape index (κ2) is 10.4. The molecule has 2 atom stereocenters. The number of imidazole rings is 1. The van der Waals surface area contributed by atoms with Gasteiger partial charge in [0.15, 0.2) is 11.5 Å². The van der Waals surface area contributed by atoms with Gasteiger partial charge in [-0.3, -0.25) is 4.79 Å². The Labute approximate surface area is 211 Å². The third-order valence-corrected chi connectivity index (χ3v) is 7.09. The summed E-state index contributed by atoms with van der Waals surface area (Å²) in [6.07, 6.45) is 19.9. The molecule has 1 amide bonds. The number of rotatable bonds is 9. The van der Waals surface area contributed by atoms with Crippen molar-refractivity contribution in [3.05, 3.63) is 77.0 Å². The highest BCUT2D eigenvalue weighted by Gasteiger charge is 2.47. The number of aromatic amines is 1. The summed E-state index contributed by atoms with van der Waals surface area (Å²) in [5.74, 6) is -0.305. The number of aliphatic hydroxyl groups is 2. The van der Waals surface area contributed by atoms with Crippen LogP contribution >= 0.6 is 0 Å². The number of nitriles is 1. The molecule has 2 bridgehead atoms. The van der Waals surface area contributed by atoms with Crippen molar-refractivity contribution in [1.29, 1.82) is 5.26 Å². The number of hydrogen-bond acceptors (Lipinski definition) is 6. The summed E-state index contributed by atoms with van der Waals surface area (Å²) in [5, 5.41) is 31.7. The first-order valence-corrected chi connectivity index (χ1v) is 12.3. The van der Waals surface area contributed by atoms with Crippen LogP contribution in [-0.4, -0.2) is 57.0 Å². The summed E-state index contributed by atoms with van der Waals surface area (Å²) in [4.78, 5) is 18.9. The zero-order chi connectivity index (χ0) is 25.8. The van der Waals surface area contributed by atoms with Crippen LogP contribution in [0.4, 0.5) is 0 Å². The van der Waals surface area contributed by atoms with Crippen molar-refractivity contribution in [2.24, 2.45) is 5.41 Å². The number of H-pyrrole nitrogens is 1.